The monoisotopic (exact) mass is 234 g/mol. The molecule has 17 heavy (non-hydrogen) atoms. The van der Waals surface area contributed by atoms with E-state index in [4.69, 9.17) is 10.2 Å². The Morgan fingerprint density at radius 1 is 1.41 bits per heavy atom. The zero-order valence-electron chi connectivity index (χ0n) is 10.3. The van der Waals surface area contributed by atoms with Crippen LogP contribution in [0.25, 0.3) is 0 Å². The van der Waals surface area contributed by atoms with Gasteiger partial charge in [-0.05, 0) is 6.42 Å². The summed E-state index contributed by atoms with van der Waals surface area (Å²) >= 11 is 0. The summed E-state index contributed by atoms with van der Waals surface area (Å²) in [6.45, 7) is 4.69. The number of nitrogens with zero attached hydrogens (tertiary/aromatic N) is 3. The van der Waals surface area contributed by atoms with Gasteiger partial charge in [0.05, 0.1) is 18.2 Å². The van der Waals surface area contributed by atoms with Gasteiger partial charge < -0.3 is 14.7 Å². The first-order valence-electron chi connectivity index (χ1n) is 5.93. The van der Waals surface area contributed by atoms with Crippen LogP contribution in [0.15, 0.2) is 23.1 Å². The molecule has 2 rings (SSSR count). The molecule has 0 bridgehead atoms. The van der Waals surface area contributed by atoms with Crippen LogP contribution in [-0.2, 0) is 13.0 Å². The van der Waals surface area contributed by atoms with Crippen LogP contribution >= 0.6 is 0 Å². The molecule has 2 aromatic rings. The summed E-state index contributed by atoms with van der Waals surface area (Å²) in [5.41, 5.74) is 7.03. The predicted molar refractivity (Wildman–Crippen MR) is 64.4 cm³/mol. The zero-order valence-corrected chi connectivity index (χ0v) is 10.3. The molecule has 0 aliphatic rings. The zero-order chi connectivity index (χ0) is 12.3. The third-order valence-electron chi connectivity index (χ3n) is 2.82. The first-order valence-corrected chi connectivity index (χ1v) is 5.93. The smallest absolute Gasteiger partial charge is 0.214 e. The van der Waals surface area contributed by atoms with Crippen molar-refractivity contribution in [3.05, 3.63) is 36.1 Å². The Labute approximate surface area is 101 Å². The number of rotatable bonds is 5. The van der Waals surface area contributed by atoms with Crippen LogP contribution in [0.5, 0.6) is 0 Å². The maximum absolute atomic E-state index is 6.01. The van der Waals surface area contributed by atoms with Crippen molar-refractivity contribution in [2.75, 3.05) is 0 Å². The molecule has 0 saturated heterocycles. The van der Waals surface area contributed by atoms with E-state index in [9.17, 15) is 0 Å². The SMILES string of the molecule is CCc1cnc(Cn2cncc2[C@H](N)CC)o1. The Kier molecular flexibility index (Phi) is 3.58. The minimum Gasteiger partial charge on any atom is -0.444 e. The second-order valence-electron chi connectivity index (χ2n) is 4.04. The van der Waals surface area contributed by atoms with Crippen molar-refractivity contribution >= 4 is 0 Å². The number of imidazole rings is 1. The number of hydrogen-bond donors (Lipinski definition) is 1. The van der Waals surface area contributed by atoms with E-state index in [1.807, 2.05) is 11.5 Å². The molecule has 0 aromatic carbocycles. The molecule has 0 unspecified atom stereocenters. The Bertz CT molecular complexity index is 474. The fourth-order valence-electron chi connectivity index (χ4n) is 1.71. The molecule has 2 heterocycles. The van der Waals surface area contributed by atoms with Crippen molar-refractivity contribution in [3.8, 4) is 0 Å². The topological polar surface area (TPSA) is 69.9 Å². The number of nitrogens with two attached hydrogens (primary N) is 1. The van der Waals surface area contributed by atoms with E-state index in [1.165, 1.54) is 0 Å². The molecule has 2 aromatic heterocycles. The van der Waals surface area contributed by atoms with Gasteiger partial charge in [0.25, 0.3) is 0 Å². The molecule has 0 radical (unpaired) electrons. The average Bonchev–Trinajstić information content (AvgIpc) is 2.97. The first kappa shape index (κ1) is 11.9. The maximum atomic E-state index is 6.01. The average molecular weight is 234 g/mol. The number of aromatic nitrogens is 3. The van der Waals surface area contributed by atoms with Crippen LogP contribution < -0.4 is 5.73 Å². The van der Waals surface area contributed by atoms with E-state index >= 15 is 0 Å². The van der Waals surface area contributed by atoms with Gasteiger partial charge in [0.1, 0.15) is 12.3 Å². The van der Waals surface area contributed by atoms with Gasteiger partial charge in [-0.25, -0.2) is 9.97 Å². The Hall–Kier alpha value is -1.62. The summed E-state index contributed by atoms with van der Waals surface area (Å²) in [5, 5.41) is 0. The van der Waals surface area contributed by atoms with Crippen molar-refractivity contribution < 1.29 is 4.42 Å². The number of hydrogen-bond acceptors (Lipinski definition) is 4. The molecule has 2 N–H and O–H groups in total. The molecule has 5 heteroatoms. The summed E-state index contributed by atoms with van der Waals surface area (Å²) in [6, 6.07) is 0.0121. The molecule has 1 atom stereocenters. The van der Waals surface area contributed by atoms with Crippen molar-refractivity contribution in [1.29, 1.82) is 0 Å². The lowest BCUT2D eigenvalue weighted by Crippen LogP contribution is -2.14. The highest BCUT2D eigenvalue weighted by Crippen LogP contribution is 2.15. The largest absolute Gasteiger partial charge is 0.444 e. The minimum absolute atomic E-state index is 0.0121. The van der Waals surface area contributed by atoms with Crippen LogP contribution in [0.4, 0.5) is 0 Å². The van der Waals surface area contributed by atoms with Gasteiger partial charge in [-0.3, -0.25) is 0 Å². The van der Waals surface area contributed by atoms with Gasteiger partial charge in [0.15, 0.2) is 0 Å². The molecular formula is C12H18N4O. The van der Waals surface area contributed by atoms with Gasteiger partial charge in [0, 0.05) is 18.7 Å². The fourth-order valence-corrected chi connectivity index (χ4v) is 1.71. The highest BCUT2D eigenvalue weighted by molar-refractivity contribution is 5.06. The third-order valence-corrected chi connectivity index (χ3v) is 2.82. The fraction of sp³-hybridized carbons (Fsp3) is 0.500. The second kappa shape index (κ2) is 5.14. The second-order valence-corrected chi connectivity index (χ2v) is 4.04. The maximum Gasteiger partial charge on any atom is 0.214 e. The predicted octanol–water partition coefficient (Wildman–Crippen LogP) is 1.89. The molecule has 92 valence electrons. The van der Waals surface area contributed by atoms with Gasteiger partial charge in [0.2, 0.25) is 5.89 Å². The molecule has 0 saturated carbocycles. The molecule has 0 amide bonds. The van der Waals surface area contributed by atoms with Crippen LogP contribution in [0.1, 0.15) is 43.7 Å². The summed E-state index contributed by atoms with van der Waals surface area (Å²) in [6.07, 6.45) is 7.08. The molecule has 0 spiro atoms. The lowest BCUT2D eigenvalue weighted by atomic mass is 10.2. The van der Waals surface area contributed by atoms with Crippen LogP contribution in [0.2, 0.25) is 0 Å². The quantitative estimate of drug-likeness (QED) is 0.857. The number of aryl methyl sites for hydroxylation is 1. The van der Waals surface area contributed by atoms with Crippen LogP contribution in [0, 0.1) is 0 Å². The molecular weight excluding hydrogens is 216 g/mol. The highest BCUT2D eigenvalue weighted by Gasteiger charge is 2.11. The standard InChI is InChI=1S/C12H18N4O/c1-3-9-5-15-12(17-9)7-16-8-14-6-11(16)10(13)4-2/h5-6,8,10H,3-4,7,13H2,1-2H3/t10-/m1/s1. The van der Waals surface area contributed by atoms with Crippen molar-refractivity contribution in [1.82, 2.24) is 14.5 Å². The van der Waals surface area contributed by atoms with E-state index in [0.717, 1.165) is 24.3 Å². The van der Waals surface area contributed by atoms with Crippen molar-refractivity contribution in [3.63, 3.8) is 0 Å². The third kappa shape index (κ3) is 2.55. The van der Waals surface area contributed by atoms with E-state index in [1.54, 1.807) is 18.7 Å². The van der Waals surface area contributed by atoms with E-state index < -0.39 is 0 Å². The van der Waals surface area contributed by atoms with E-state index in [0.29, 0.717) is 12.4 Å². The Balaban J connectivity index is 2.15. The summed E-state index contributed by atoms with van der Waals surface area (Å²) in [4.78, 5) is 8.36. The Morgan fingerprint density at radius 3 is 2.88 bits per heavy atom. The van der Waals surface area contributed by atoms with Gasteiger partial charge in [-0.15, -0.1) is 0 Å². The van der Waals surface area contributed by atoms with Crippen molar-refractivity contribution in [2.45, 2.75) is 39.3 Å². The number of oxazole rings is 1. The van der Waals surface area contributed by atoms with Crippen molar-refractivity contribution in [2.24, 2.45) is 5.73 Å². The van der Waals surface area contributed by atoms with E-state index in [-0.39, 0.29) is 6.04 Å². The van der Waals surface area contributed by atoms with Gasteiger partial charge in [-0.1, -0.05) is 13.8 Å². The van der Waals surface area contributed by atoms with Crippen LogP contribution in [0.3, 0.4) is 0 Å². The Morgan fingerprint density at radius 2 is 2.24 bits per heavy atom. The van der Waals surface area contributed by atoms with Gasteiger partial charge in [-0.2, -0.15) is 0 Å². The normalized spacial score (nSPS) is 12.9. The summed E-state index contributed by atoms with van der Waals surface area (Å²) < 4.78 is 7.56. The summed E-state index contributed by atoms with van der Waals surface area (Å²) in [7, 11) is 0. The lowest BCUT2D eigenvalue weighted by molar-refractivity contribution is 0.440. The minimum atomic E-state index is 0.0121. The molecule has 0 aliphatic heterocycles. The first-order chi connectivity index (χ1) is 8.24. The highest BCUT2D eigenvalue weighted by atomic mass is 16.4. The molecule has 0 fully saturated rings. The van der Waals surface area contributed by atoms with E-state index in [2.05, 4.69) is 16.9 Å². The van der Waals surface area contributed by atoms with Gasteiger partial charge >= 0.3 is 0 Å². The molecule has 5 nitrogen and oxygen atoms in total. The molecule has 0 aliphatic carbocycles. The van der Waals surface area contributed by atoms with Crippen LogP contribution in [-0.4, -0.2) is 14.5 Å². The lowest BCUT2D eigenvalue weighted by Gasteiger charge is -2.11. The summed E-state index contributed by atoms with van der Waals surface area (Å²) in [5.74, 6) is 1.60.